The number of carbonyl (C=O) groups excluding carboxylic acids is 2. The van der Waals surface area contributed by atoms with Crippen molar-refractivity contribution in [3.05, 3.63) is 0 Å². The number of nitrogens with one attached hydrogen (secondary N) is 2. The molecule has 0 bridgehead atoms. The lowest BCUT2D eigenvalue weighted by Gasteiger charge is -2.23. The molecule has 0 aromatic rings. The number of hydrogen-bond donors (Lipinski definition) is 6. The Hall–Kier alpha value is -1.81. The highest BCUT2D eigenvalue weighted by Gasteiger charge is 2.28. The monoisotopic (exact) mass is 349 g/mol. The lowest BCUT2D eigenvalue weighted by Crippen LogP contribution is -2.55. The van der Waals surface area contributed by atoms with Crippen LogP contribution in [0, 0.1) is 5.92 Å². The van der Waals surface area contributed by atoms with Gasteiger partial charge in [0, 0.05) is 12.2 Å². The predicted octanol–water partition coefficient (Wildman–Crippen LogP) is -1.18. The van der Waals surface area contributed by atoms with Crippen LogP contribution in [0.15, 0.2) is 0 Å². The summed E-state index contributed by atoms with van der Waals surface area (Å²) in [6, 6.07) is -3.30. The fourth-order valence-corrected chi connectivity index (χ4v) is 1.81. The van der Waals surface area contributed by atoms with E-state index in [1.165, 1.54) is 0 Å². The van der Waals surface area contributed by atoms with E-state index in [-0.39, 0.29) is 24.5 Å². The summed E-state index contributed by atoms with van der Waals surface area (Å²) < 4.78 is 0. The number of nitrogens with two attached hydrogens (primary N) is 1. The van der Waals surface area contributed by atoms with E-state index in [1.807, 2.05) is 0 Å². The molecule has 9 nitrogen and oxygen atoms in total. The number of carboxylic acids is 2. The first-order chi connectivity index (χ1) is 10.6. The Morgan fingerprint density at radius 2 is 1.57 bits per heavy atom. The van der Waals surface area contributed by atoms with Crippen LogP contribution in [0.1, 0.15) is 26.7 Å². The van der Waals surface area contributed by atoms with Gasteiger partial charge in [-0.1, -0.05) is 13.8 Å². The van der Waals surface area contributed by atoms with E-state index < -0.39 is 41.9 Å². The van der Waals surface area contributed by atoms with E-state index in [9.17, 15) is 19.2 Å². The Bertz CT molecular complexity index is 457. The summed E-state index contributed by atoms with van der Waals surface area (Å²) in [6.07, 6.45) is -0.551. The third-order valence-corrected chi connectivity index (χ3v) is 3.46. The van der Waals surface area contributed by atoms with E-state index in [0.717, 1.165) is 0 Å². The maximum atomic E-state index is 12.1. The van der Waals surface area contributed by atoms with Crippen LogP contribution in [0.5, 0.6) is 0 Å². The standard InChI is InChI=1S/C13H23N3O6S/c1-6(2)10(14)12(20)15-7(3-4-9(17)18)11(19)16-8(5-23)13(21)22/h6-8,10,23H,3-5,14H2,1-2H3,(H,15,20)(H,16,19)(H,17,18)(H,21,22). The molecule has 0 spiro atoms. The maximum Gasteiger partial charge on any atom is 0.327 e. The number of thiol groups is 1. The molecular weight excluding hydrogens is 326 g/mol. The molecule has 132 valence electrons. The number of carbonyl (C=O) groups is 4. The summed E-state index contributed by atoms with van der Waals surface area (Å²) in [4.78, 5) is 45.6. The first-order valence-corrected chi connectivity index (χ1v) is 7.65. The molecular formula is C13H23N3O6S. The molecule has 0 aliphatic rings. The van der Waals surface area contributed by atoms with E-state index in [0.29, 0.717) is 0 Å². The van der Waals surface area contributed by atoms with Gasteiger partial charge in [0.05, 0.1) is 6.04 Å². The highest BCUT2D eigenvalue weighted by Crippen LogP contribution is 2.03. The number of amides is 2. The van der Waals surface area contributed by atoms with E-state index in [4.69, 9.17) is 15.9 Å². The minimum atomic E-state index is -1.28. The van der Waals surface area contributed by atoms with E-state index >= 15 is 0 Å². The first-order valence-electron chi connectivity index (χ1n) is 7.01. The van der Waals surface area contributed by atoms with Gasteiger partial charge < -0.3 is 26.6 Å². The lowest BCUT2D eigenvalue weighted by atomic mass is 10.0. The van der Waals surface area contributed by atoms with Crippen molar-refractivity contribution in [2.75, 3.05) is 5.75 Å². The number of carboxylic acid groups (broad SMARTS) is 2. The summed E-state index contributed by atoms with van der Waals surface area (Å²) in [5.74, 6) is -4.15. The molecule has 0 heterocycles. The Morgan fingerprint density at radius 1 is 1.04 bits per heavy atom. The molecule has 0 aliphatic carbocycles. The van der Waals surface area contributed by atoms with Crippen LogP contribution in [-0.2, 0) is 19.2 Å². The van der Waals surface area contributed by atoms with Gasteiger partial charge in [0.2, 0.25) is 11.8 Å². The Kier molecular flexibility index (Phi) is 9.27. The molecule has 0 rings (SSSR count). The summed E-state index contributed by atoms with van der Waals surface area (Å²) in [6.45, 7) is 3.44. The van der Waals surface area contributed by atoms with Crippen LogP contribution >= 0.6 is 12.6 Å². The SMILES string of the molecule is CC(C)C(N)C(=O)NC(CCC(=O)O)C(=O)NC(CS)C(=O)O. The summed E-state index contributed by atoms with van der Waals surface area (Å²) >= 11 is 3.82. The predicted molar refractivity (Wildman–Crippen MR) is 85.0 cm³/mol. The van der Waals surface area contributed by atoms with Crippen molar-refractivity contribution in [3.8, 4) is 0 Å². The van der Waals surface area contributed by atoms with Crippen LogP contribution in [-0.4, -0.2) is 57.8 Å². The first kappa shape index (κ1) is 21.2. The Labute approximate surface area is 139 Å². The van der Waals surface area contributed by atoms with Crippen molar-refractivity contribution in [1.29, 1.82) is 0 Å². The van der Waals surface area contributed by atoms with Crippen molar-refractivity contribution in [3.63, 3.8) is 0 Å². The highest BCUT2D eigenvalue weighted by molar-refractivity contribution is 7.80. The second-order valence-corrected chi connectivity index (χ2v) is 5.71. The van der Waals surface area contributed by atoms with E-state index in [2.05, 4.69) is 23.3 Å². The van der Waals surface area contributed by atoms with Gasteiger partial charge in [0.1, 0.15) is 12.1 Å². The van der Waals surface area contributed by atoms with Crippen molar-refractivity contribution in [1.82, 2.24) is 10.6 Å². The summed E-state index contributed by atoms with van der Waals surface area (Å²) in [5, 5.41) is 22.2. The van der Waals surface area contributed by atoms with Crippen LogP contribution in [0.4, 0.5) is 0 Å². The minimum absolute atomic E-state index is 0.147. The van der Waals surface area contributed by atoms with Gasteiger partial charge in [-0.2, -0.15) is 12.6 Å². The van der Waals surface area contributed by atoms with Crippen molar-refractivity contribution in [2.24, 2.45) is 11.7 Å². The lowest BCUT2D eigenvalue weighted by molar-refractivity contribution is -0.142. The van der Waals surface area contributed by atoms with E-state index in [1.54, 1.807) is 13.8 Å². The van der Waals surface area contributed by atoms with Crippen molar-refractivity contribution < 1.29 is 29.4 Å². The van der Waals surface area contributed by atoms with Crippen molar-refractivity contribution in [2.45, 2.75) is 44.8 Å². The molecule has 0 fully saturated rings. The highest BCUT2D eigenvalue weighted by atomic mass is 32.1. The number of hydrogen-bond acceptors (Lipinski definition) is 6. The fourth-order valence-electron chi connectivity index (χ4n) is 1.57. The molecule has 3 unspecified atom stereocenters. The van der Waals surface area contributed by atoms with Gasteiger partial charge in [-0.25, -0.2) is 4.79 Å². The third kappa shape index (κ3) is 7.84. The molecule has 2 amide bonds. The van der Waals surface area contributed by atoms with Gasteiger partial charge in [0.25, 0.3) is 0 Å². The average Bonchev–Trinajstić information content (AvgIpc) is 2.46. The smallest absolute Gasteiger partial charge is 0.327 e. The van der Waals surface area contributed by atoms with Gasteiger partial charge in [0.15, 0.2) is 0 Å². The molecule has 6 N–H and O–H groups in total. The Balaban J connectivity index is 4.98. The average molecular weight is 349 g/mol. The molecule has 23 heavy (non-hydrogen) atoms. The zero-order valence-corrected chi connectivity index (χ0v) is 13.9. The van der Waals surface area contributed by atoms with Gasteiger partial charge in [-0.3, -0.25) is 14.4 Å². The normalized spacial score (nSPS) is 14.7. The van der Waals surface area contributed by atoms with Gasteiger partial charge in [-0.15, -0.1) is 0 Å². The molecule has 3 atom stereocenters. The number of aliphatic carboxylic acids is 2. The topological polar surface area (TPSA) is 159 Å². The maximum absolute atomic E-state index is 12.1. The van der Waals surface area contributed by atoms with Gasteiger partial charge >= 0.3 is 11.9 Å². The largest absolute Gasteiger partial charge is 0.481 e. The number of rotatable bonds is 10. The summed E-state index contributed by atoms with van der Waals surface area (Å²) in [7, 11) is 0. The Morgan fingerprint density at radius 3 is 1.96 bits per heavy atom. The third-order valence-electron chi connectivity index (χ3n) is 3.10. The molecule has 0 saturated carbocycles. The minimum Gasteiger partial charge on any atom is -0.481 e. The zero-order chi connectivity index (χ0) is 18.2. The molecule has 0 radical (unpaired) electrons. The molecule has 0 saturated heterocycles. The van der Waals surface area contributed by atoms with Crippen molar-refractivity contribution >= 4 is 36.4 Å². The van der Waals surface area contributed by atoms with Crippen LogP contribution < -0.4 is 16.4 Å². The van der Waals surface area contributed by atoms with Crippen LogP contribution in [0.25, 0.3) is 0 Å². The van der Waals surface area contributed by atoms with Crippen LogP contribution in [0.3, 0.4) is 0 Å². The quantitative estimate of drug-likeness (QED) is 0.271. The second-order valence-electron chi connectivity index (χ2n) is 5.35. The zero-order valence-electron chi connectivity index (χ0n) is 13.0. The van der Waals surface area contributed by atoms with Crippen LogP contribution in [0.2, 0.25) is 0 Å². The second kappa shape index (κ2) is 10.1. The fraction of sp³-hybridized carbons (Fsp3) is 0.692. The van der Waals surface area contributed by atoms with Gasteiger partial charge in [-0.05, 0) is 12.3 Å². The molecule has 0 aromatic heterocycles. The molecule has 0 aliphatic heterocycles. The summed E-state index contributed by atoms with van der Waals surface area (Å²) in [5.41, 5.74) is 5.67. The molecule has 0 aromatic carbocycles. The molecule has 10 heteroatoms.